The maximum absolute atomic E-state index is 5.86. The van der Waals surface area contributed by atoms with Crippen molar-refractivity contribution in [2.45, 2.75) is 25.8 Å². The van der Waals surface area contributed by atoms with Crippen LogP contribution in [0.25, 0.3) is 11.4 Å². The van der Waals surface area contributed by atoms with Crippen LogP contribution < -0.4 is 11.5 Å². The minimum atomic E-state index is 0.210. The molecule has 1 aromatic heterocycles. The van der Waals surface area contributed by atoms with Crippen molar-refractivity contribution in [1.29, 1.82) is 0 Å². The van der Waals surface area contributed by atoms with Gasteiger partial charge in [-0.2, -0.15) is 0 Å². The Morgan fingerprint density at radius 1 is 1.19 bits per heavy atom. The van der Waals surface area contributed by atoms with E-state index in [-0.39, 0.29) is 6.04 Å². The smallest absolute Gasteiger partial charge is 0.182 e. The van der Waals surface area contributed by atoms with Gasteiger partial charge in [-0.05, 0) is 54.3 Å². The van der Waals surface area contributed by atoms with Gasteiger partial charge in [0.25, 0.3) is 0 Å². The number of tetrazole rings is 1. The second-order valence-electron chi connectivity index (χ2n) is 5.53. The third-order valence-corrected chi connectivity index (χ3v) is 4.06. The molecular weight excluding hydrogens is 268 g/mol. The van der Waals surface area contributed by atoms with E-state index in [1.54, 1.807) is 6.07 Å². The monoisotopic (exact) mass is 288 g/mol. The Kier molecular flexibility index (Phi) is 3.74. The third kappa shape index (κ3) is 2.82. The van der Waals surface area contributed by atoms with E-state index in [1.165, 1.54) is 0 Å². The Morgan fingerprint density at radius 3 is 2.52 bits per heavy atom. The molecule has 1 unspecified atom stereocenters. The van der Waals surface area contributed by atoms with Crippen LogP contribution in [0.2, 0.25) is 0 Å². The van der Waals surface area contributed by atoms with Gasteiger partial charge in [-0.3, -0.25) is 0 Å². The van der Waals surface area contributed by atoms with Gasteiger partial charge in [-0.1, -0.05) is 0 Å². The van der Waals surface area contributed by atoms with Crippen molar-refractivity contribution in [2.75, 3.05) is 24.7 Å². The van der Waals surface area contributed by atoms with Gasteiger partial charge in [0, 0.05) is 30.2 Å². The van der Waals surface area contributed by atoms with Gasteiger partial charge in [0.05, 0.1) is 6.04 Å². The lowest BCUT2D eigenvalue weighted by atomic mass is 9.93. The van der Waals surface area contributed by atoms with E-state index in [0.717, 1.165) is 31.6 Å². The van der Waals surface area contributed by atoms with Crippen molar-refractivity contribution in [3.05, 3.63) is 18.2 Å². The molecule has 0 radical (unpaired) electrons. The normalized spacial score (nSPS) is 17.8. The Hall–Kier alpha value is -2.15. The number of benzene rings is 1. The molecule has 2 heterocycles. The van der Waals surface area contributed by atoms with Crippen LogP contribution in [0.5, 0.6) is 0 Å². The summed E-state index contributed by atoms with van der Waals surface area (Å²) in [7, 11) is 0. The molecule has 0 amide bonds. The Morgan fingerprint density at radius 2 is 1.86 bits per heavy atom. The molecule has 7 nitrogen and oxygen atoms in total. The molecule has 1 aromatic carbocycles. The number of nitrogen functional groups attached to an aromatic ring is 2. The number of hydrogen-bond acceptors (Lipinski definition) is 6. The molecule has 1 saturated heterocycles. The first-order valence-corrected chi connectivity index (χ1v) is 7.17. The summed E-state index contributed by atoms with van der Waals surface area (Å²) in [6.45, 7) is 3.75. The van der Waals surface area contributed by atoms with Gasteiger partial charge in [-0.25, -0.2) is 4.68 Å². The maximum Gasteiger partial charge on any atom is 0.182 e. The first-order valence-electron chi connectivity index (χ1n) is 7.17. The first kappa shape index (κ1) is 13.8. The third-order valence-electron chi connectivity index (χ3n) is 4.06. The fourth-order valence-electron chi connectivity index (χ4n) is 2.86. The van der Waals surface area contributed by atoms with Crippen LogP contribution in [-0.4, -0.2) is 33.4 Å². The van der Waals surface area contributed by atoms with Crippen LogP contribution in [0.4, 0.5) is 11.4 Å². The highest BCUT2D eigenvalue weighted by molar-refractivity contribution is 5.67. The van der Waals surface area contributed by atoms with E-state index in [4.69, 9.17) is 16.2 Å². The van der Waals surface area contributed by atoms with Crippen LogP contribution in [0.15, 0.2) is 18.2 Å². The molecule has 3 rings (SSSR count). The lowest BCUT2D eigenvalue weighted by Gasteiger charge is -2.28. The van der Waals surface area contributed by atoms with E-state index in [2.05, 4.69) is 22.4 Å². The number of rotatable bonds is 3. The molecule has 1 atom stereocenters. The molecule has 0 bridgehead atoms. The standard InChI is InChI=1S/C14H20N6O/c1-9(10-2-4-21-5-3-10)20-14(17-18-19-20)11-6-12(15)8-13(16)7-11/h6-10H,2-5,15-16H2,1H3. The van der Waals surface area contributed by atoms with E-state index >= 15 is 0 Å². The van der Waals surface area contributed by atoms with E-state index < -0.39 is 0 Å². The average molecular weight is 288 g/mol. The summed E-state index contributed by atoms with van der Waals surface area (Å²) >= 11 is 0. The van der Waals surface area contributed by atoms with Crippen molar-refractivity contribution in [3.63, 3.8) is 0 Å². The summed E-state index contributed by atoms with van der Waals surface area (Å²) in [6.07, 6.45) is 2.05. The van der Waals surface area contributed by atoms with Gasteiger partial charge in [0.1, 0.15) is 0 Å². The van der Waals surface area contributed by atoms with Gasteiger partial charge < -0.3 is 16.2 Å². The molecule has 21 heavy (non-hydrogen) atoms. The quantitative estimate of drug-likeness (QED) is 0.829. The van der Waals surface area contributed by atoms with Gasteiger partial charge >= 0.3 is 0 Å². The predicted octanol–water partition coefficient (Wildman–Crippen LogP) is 1.49. The highest BCUT2D eigenvalue weighted by Crippen LogP contribution is 2.30. The molecule has 1 aliphatic heterocycles. The largest absolute Gasteiger partial charge is 0.399 e. The topological polar surface area (TPSA) is 105 Å². The van der Waals surface area contributed by atoms with Crippen molar-refractivity contribution in [3.8, 4) is 11.4 Å². The number of nitrogens with zero attached hydrogens (tertiary/aromatic N) is 4. The minimum absolute atomic E-state index is 0.210. The van der Waals surface area contributed by atoms with Crippen LogP contribution >= 0.6 is 0 Å². The summed E-state index contributed by atoms with van der Waals surface area (Å²) in [4.78, 5) is 0. The SMILES string of the molecule is CC(C1CCOCC1)n1nnnc1-c1cc(N)cc(N)c1. The van der Waals surface area contributed by atoms with Crippen LogP contribution in [0.1, 0.15) is 25.8 Å². The molecule has 7 heteroatoms. The molecule has 4 N–H and O–H groups in total. The number of aromatic nitrogens is 4. The van der Waals surface area contributed by atoms with Crippen LogP contribution in [0, 0.1) is 5.92 Å². The maximum atomic E-state index is 5.86. The fraction of sp³-hybridized carbons (Fsp3) is 0.500. The Labute approximate surface area is 123 Å². The summed E-state index contributed by atoms with van der Waals surface area (Å²) in [6, 6.07) is 5.62. The van der Waals surface area contributed by atoms with Crippen molar-refractivity contribution in [1.82, 2.24) is 20.2 Å². The lowest BCUT2D eigenvalue weighted by Crippen LogP contribution is -2.25. The van der Waals surface area contributed by atoms with Crippen molar-refractivity contribution in [2.24, 2.45) is 5.92 Å². The predicted molar refractivity (Wildman–Crippen MR) is 80.3 cm³/mol. The van der Waals surface area contributed by atoms with Crippen molar-refractivity contribution < 1.29 is 4.74 Å². The first-order chi connectivity index (χ1) is 10.1. The highest BCUT2D eigenvalue weighted by Gasteiger charge is 2.25. The van der Waals surface area contributed by atoms with E-state index in [1.807, 2.05) is 16.8 Å². The summed E-state index contributed by atoms with van der Waals surface area (Å²) in [5.74, 6) is 1.22. The van der Waals surface area contributed by atoms with E-state index in [0.29, 0.717) is 23.1 Å². The fourth-order valence-corrected chi connectivity index (χ4v) is 2.86. The summed E-state index contributed by atoms with van der Waals surface area (Å²) in [5.41, 5.74) is 13.8. The van der Waals surface area contributed by atoms with Crippen molar-refractivity contribution >= 4 is 11.4 Å². The molecule has 0 aliphatic carbocycles. The molecule has 0 saturated carbocycles. The summed E-state index contributed by atoms with van der Waals surface area (Å²) in [5, 5.41) is 12.1. The second-order valence-corrected chi connectivity index (χ2v) is 5.53. The molecule has 112 valence electrons. The number of hydrogen-bond donors (Lipinski definition) is 2. The molecular formula is C14H20N6O. The van der Waals surface area contributed by atoms with Gasteiger partial charge in [0.2, 0.25) is 0 Å². The van der Waals surface area contributed by atoms with Crippen LogP contribution in [0.3, 0.4) is 0 Å². The second kappa shape index (κ2) is 5.69. The Bertz CT molecular complexity index is 599. The zero-order valence-corrected chi connectivity index (χ0v) is 12.1. The molecule has 1 aliphatic rings. The van der Waals surface area contributed by atoms with Crippen LogP contribution in [-0.2, 0) is 4.74 Å². The average Bonchev–Trinajstić information content (AvgIpc) is 2.96. The Balaban J connectivity index is 1.92. The molecule has 2 aromatic rings. The molecule has 0 spiro atoms. The number of nitrogens with two attached hydrogens (primary N) is 2. The minimum Gasteiger partial charge on any atom is -0.399 e. The number of ether oxygens (including phenoxy) is 1. The summed E-state index contributed by atoms with van der Waals surface area (Å²) < 4.78 is 7.28. The zero-order valence-electron chi connectivity index (χ0n) is 12.1. The highest BCUT2D eigenvalue weighted by atomic mass is 16.5. The zero-order chi connectivity index (χ0) is 14.8. The van der Waals surface area contributed by atoms with E-state index in [9.17, 15) is 0 Å². The van der Waals surface area contributed by atoms with Gasteiger partial charge in [-0.15, -0.1) is 5.10 Å². The lowest BCUT2D eigenvalue weighted by molar-refractivity contribution is 0.0495. The van der Waals surface area contributed by atoms with Gasteiger partial charge in [0.15, 0.2) is 5.82 Å². The molecule has 1 fully saturated rings. The number of anilines is 2.